The first kappa shape index (κ1) is 20.8. The van der Waals surface area contributed by atoms with Crippen LogP contribution in [0.1, 0.15) is 21.5 Å². The summed E-state index contributed by atoms with van der Waals surface area (Å²) in [5.74, 6) is -0.770. The highest BCUT2D eigenvalue weighted by Crippen LogP contribution is 2.16. The van der Waals surface area contributed by atoms with E-state index in [1.165, 1.54) is 0 Å². The van der Waals surface area contributed by atoms with Crippen LogP contribution in [0.4, 0.5) is 0 Å². The van der Waals surface area contributed by atoms with Crippen LogP contribution in [0.5, 0.6) is 0 Å². The highest BCUT2D eigenvalue weighted by Gasteiger charge is 2.15. The van der Waals surface area contributed by atoms with Gasteiger partial charge in [0.05, 0.1) is 0 Å². The lowest BCUT2D eigenvalue weighted by molar-refractivity contribution is -0.117. The van der Waals surface area contributed by atoms with Crippen molar-refractivity contribution in [1.82, 2.24) is 10.6 Å². The first-order chi connectivity index (χ1) is 14.0. The van der Waals surface area contributed by atoms with Crippen LogP contribution in [-0.4, -0.2) is 11.8 Å². The van der Waals surface area contributed by atoms with Gasteiger partial charge in [0.25, 0.3) is 11.8 Å². The molecule has 4 nitrogen and oxygen atoms in total. The lowest BCUT2D eigenvalue weighted by Gasteiger charge is -2.12. The minimum Gasteiger partial charge on any atom is -0.347 e. The maximum Gasteiger partial charge on any atom is 0.268 e. The van der Waals surface area contributed by atoms with Gasteiger partial charge in [0.2, 0.25) is 0 Å². The quantitative estimate of drug-likeness (QED) is 0.488. The van der Waals surface area contributed by atoms with Gasteiger partial charge in [-0.3, -0.25) is 9.59 Å². The van der Waals surface area contributed by atoms with Crippen LogP contribution < -0.4 is 10.6 Å². The van der Waals surface area contributed by atoms with E-state index < -0.39 is 5.91 Å². The van der Waals surface area contributed by atoms with Gasteiger partial charge < -0.3 is 10.6 Å². The zero-order valence-corrected chi connectivity index (χ0v) is 17.7. The summed E-state index contributed by atoms with van der Waals surface area (Å²) >= 11 is 9.57. The average Bonchev–Trinajstić information content (AvgIpc) is 2.73. The molecule has 0 unspecified atom stereocenters. The Bertz CT molecular complexity index is 1050. The molecule has 0 aliphatic rings. The minimum absolute atomic E-state index is 0.143. The number of amides is 2. The van der Waals surface area contributed by atoms with Crippen molar-refractivity contribution >= 4 is 45.4 Å². The summed E-state index contributed by atoms with van der Waals surface area (Å²) < 4.78 is 0.872. The van der Waals surface area contributed by atoms with Crippen molar-refractivity contribution in [2.75, 3.05) is 0 Å². The van der Waals surface area contributed by atoms with Gasteiger partial charge in [-0.05, 0) is 47.5 Å². The van der Waals surface area contributed by atoms with Gasteiger partial charge in [0, 0.05) is 21.6 Å². The van der Waals surface area contributed by atoms with E-state index in [9.17, 15) is 9.59 Å². The number of carbonyl (C=O) groups is 2. The van der Waals surface area contributed by atoms with E-state index in [1.807, 2.05) is 48.5 Å². The molecule has 3 rings (SSSR count). The fourth-order valence-corrected chi connectivity index (χ4v) is 3.24. The molecule has 0 atom stereocenters. The molecule has 0 fully saturated rings. The first-order valence-electron chi connectivity index (χ1n) is 8.88. The van der Waals surface area contributed by atoms with E-state index in [4.69, 9.17) is 11.6 Å². The van der Waals surface area contributed by atoms with Gasteiger partial charge in [-0.15, -0.1) is 0 Å². The summed E-state index contributed by atoms with van der Waals surface area (Å²) in [4.78, 5) is 25.4. The van der Waals surface area contributed by atoms with Gasteiger partial charge in [-0.25, -0.2) is 0 Å². The monoisotopic (exact) mass is 468 g/mol. The minimum atomic E-state index is -0.408. The molecule has 2 N–H and O–H groups in total. The number of halogens is 2. The summed E-state index contributed by atoms with van der Waals surface area (Å²) in [7, 11) is 0. The second kappa shape index (κ2) is 10.0. The Morgan fingerprint density at radius 1 is 0.931 bits per heavy atom. The van der Waals surface area contributed by atoms with Crippen LogP contribution in [0, 0.1) is 0 Å². The first-order valence-corrected chi connectivity index (χ1v) is 10.1. The van der Waals surface area contributed by atoms with E-state index in [0.717, 1.165) is 15.6 Å². The predicted molar refractivity (Wildman–Crippen MR) is 119 cm³/mol. The Hall–Kier alpha value is -2.89. The fourth-order valence-electron chi connectivity index (χ4n) is 2.62. The van der Waals surface area contributed by atoms with Gasteiger partial charge in [-0.1, -0.05) is 76.1 Å². The largest absolute Gasteiger partial charge is 0.347 e. The van der Waals surface area contributed by atoms with Crippen molar-refractivity contribution in [3.63, 3.8) is 0 Å². The van der Waals surface area contributed by atoms with Crippen LogP contribution in [-0.2, 0) is 11.3 Å². The van der Waals surface area contributed by atoms with Crippen molar-refractivity contribution in [1.29, 1.82) is 0 Å². The zero-order valence-electron chi connectivity index (χ0n) is 15.4. The third-order valence-electron chi connectivity index (χ3n) is 4.09. The lowest BCUT2D eigenvalue weighted by Crippen LogP contribution is -2.34. The normalized spacial score (nSPS) is 11.0. The molecule has 0 aromatic heterocycles. The molecule has 3 aromatic rings. The number of rotatable bonds is 6. The van der Waals surface area contributed by atoms with Crippen molar-refractivity contribution in [2.45, 2.75) is 6.54 Å². The molecule has 0 heterocycles. The number of benzene rings is 3. The molecule has 0 radical (unpaired) electrons. The Morgan fingerprint density at radius 2 is 1.66 bits per heavy atom. The second-order valence-electron chi connectivity index (χ2n) is 6.21. The van der Waals surface area contributed by atoms with Gasteiger partial charge in [-0.2, -0.15) is 0 Å². The molecule has 146 valence electrons. The SMILES string of the molecule is O=C(NCc1ccccc1Cl)/C(=C\c1cccc(Br)c1)NC(=O)c1ccccc1. The standard InChI is InChI=1S/C23H18BrClN2O2/c24-19-11-6-7-16(13-19)14-21(27-22(28)17-8-2-1-3-9-17)23(29)26-15-18-10-4-5-12-20(18)25/h1-14H,15H2,(H,26,29)(H,27,28)/b21-14+. The van der Waals surface area contributed by atoms with Crippen molar-refractivity contribution in [2.24, 2.45) is 0 Å². The van der Waals surface area contributed by atoms with Crippen LogP contribution in [0.2, 0.25) is 5.02 Å². The maximum absolute atomic E-state index is 12.8. The van der Waals surface area contributed by atoms with Crippen LogP contribution in [0.3, 0.4) is 0 Å². The topological polar surface area (TPSA) is 58.2 Å². The molecule has 3 aromatic carbocycles. The Morgan fingerprint density at radius 3 is 2.38 bits per heavy atom. The number of carbonyl (C=O) groups excluding carboxylic acids is 2. The highest BCUT2D eigenvalue weighted by atomic mass is 79.9. The van der Waals surface area contributed by atoms with Gasteiger partial charge in [0.15, 0.2) is 0 Å². The Labute approximate surface area is 182 Å². The van der Waals surface area contributed by atoms with E-state index in [2.05, 4.69) is 26.6 Å². The zero-order chi connectivity index (χ0) is 20.6. The molecule has 0 saturated heterocycles. The van der Waals surface area contributed by atoms with Gasteiger partial charge >= 0.3 is 0 Å². The highest BCUT2D eigenvalue weighted by molar-refractivity contribution is 9.10. The Kier molecular flexibility index (Phi) is 7.22. The van der Waals surface area contributed by atoms with E-state index in [0.29, 0.717) is 10.6 Å². The van der Waals surface area contributed by atoms with Crippen LogP contribution >= 0.6 is 27.5 Å². The molecule has 2 amide bonds. The van der Waals surface area contributed by atoms with Crippen LogP contribution in [0.15, 0.2) is 89.0 Å². The molecule has 0 saturated carbocycles. The lowest BCUT2D eigenvalue weighted by atomic mass is 10.1. The molecule has 6 heteroatoms. The predicted octanol–water partition coefficient (Wildman–Crippen LogP) is 5.19. The number of hydrogen-bond donors (Lipinski definition) is 2. The van der Waals surface area contributed by atoms with Crippen molar-refractivity contribution < 1.29 is 9.59 Å². The number of hydrogen-bond acceptors (Lipinski definition) is 2. The summed E-state index contributed by atoms with van der Waals surface area (Å²) in [6.07, 6.45) is 1.63. The van der Waals surface area contributed by atoms with E-state index >= 15 is 0 Å². The molecule has 0 aliphatic carbocycles. The fraction of sp³-hybridized carbons (Fsp3) is 0.0435. The molecule has 0 spiro atoms. The second-order valence-corrected chi connectivity index (χ2v) is 7.53. The third-order valence-corrected chi connectivity index (χ3v) is 4.95. The molecule has 0 bridgehead atoms. The van der Waals surface area contributed by atoms with Gasteiger partial charge in [0.1, 0.15) is 5.70 Å². The molecular weight excluding hydrogens is 452 g/mol. The molecule has 29 heavy (non-hydrogen) atoms. The maximum atomic E-state index is 12.8. The summed E-state index contributed by atoms with van der Waals surface area (Å²) in [5.41, 5.74) is 2.17. The Balaban J connectivity index is 1.82. The summed E-state index contributed by atoms with van der Waals surface area (Å²) in [6, 6.07) is 23.5. The summed E-state index contributed by atoms with van der Waals surface area (Å²) in [6.45, 7) is 0.246. The average molecular weight is 470 g/mol. The molecule has 0 aliphatic heterocycles. The third kappa shape index (κ3) is 6.04. The number of nitrogens with one attached hydrogen (secondary N) is 2. The summed E-state index contributed by atoms with van der Waals surface area (Å²) in [5, 5.41) is 6.10. The molecular formula is C23H18BrClN2O2. The van der Waals surface area contributed by atoms with E-state index in [-0.39, 0.29) is 18.1 Å². The van der Waals surface area contributed by atoms with Crippen LogP contribution in [0.25, 0.3) is 6.08 Å². The van der Waals surface area contributed by atoms with E-state index in [1.54, 1.807) is 36.4 Å². The van der Waals surface area contributed by atoms with Crippen molar-refractivity contribution in [3.8, 4) is 0 Å². The van der Waals surface area contributed by atoms with Crippen molar-refractivity contribution in [3.05, 3.63) is 111 Å². The smallest absolute Gasteiger partial charge is 0.268 e.